The third-order valence-electron chi connectivity index (χ3n) is 2.49. The Morgan fingerprint density at radius 3 is 2.48 bits per heavy atom. The molecule has 0 saturated carbocycles. The molecule has 1 rings (SSSR count). The monoisotopic (exact) mass is 321 g/mol. The average Bonchev–Trinajstić information content (AvgIpc) is 2.34. The molecule has 1 aromatic rings. The van der Waals surface area contributed by atoms with E-state index in [1.54, 1.807) is 13.0 Å². The minimum absolute atomic E-state index is 0.138. The van der Waals surface area contributed by atoms with Gasteiger partial charge in [-0.2, -0.15) is 13.2 Å². The number of alkyl halides is 3. The molecule has 0 aromatic carbocycles. The summed E-state index contributed by atoms with van der Waals surface area (Å²) in [5, 5.41) is 1.79. The first-order valence-electron chi connectivity index (χ1n) is 6.45. The lowest BCUT2D eigenvalue weighted by Crippen LogP contribution is -2.38. The van der Waals surface area contributed by atoms with E-state index < -0.39 is 23.9 Å². The van der Waals surface area contributed by atoms with Crippen LogP contribution in [0.5, 0.6) is 0 Å². The largest absolute Gasteiger partial charge is 0.405 e. The van der Waals surface area contributed by atoms with Gasteiger partial charge in [-0.15, -0.1) is 0 Å². The molecule has 0 spiro atoms. The second kappa shape index (κ2) is 7.11. The van der Waals surface area contributed by atoms with Crippen LogP contribution in [0.15, 0.2) is 11.1 Å². The number of hydrogen-bond donors (Lipinski definition) is 1. The van der Waals surface area contributed by atoms with Gasteiger partial charge in [0.2, 0.25) is 5.91 Å². The van der Waals surface area contributed by atoms with E-state index in [1.807, 2.05) is 26.1 Å². The first-order chi connectivity index (χ1) is 9.58. The number of hydrogen-bond acceptors (Lipinski definition) is 4. The fourth-order valence-electron chi connectivity index (χ4n) is 1.45. The molecule has 4 nitrogen and oxygen atoms in total. The topological polar surface area (TPSA) is 54.9 Å². The van der Waals surface area contributed by atoms with Gasteiger partial charge >= 0.3 is 6.18 Å². The van der Waals surface area contributed by atoms with Gasteiger partial charge in [0.15, 0.2) is 0 Å². The van der Waals surface area contributed by atoms with Gasteiger partial charge < -0.3 is 5.32 Å². The van der Waals surface area contributed by atoms with Crippen molar-refractivity contribution in [2.24, 2.45) is 0 Å². The maximum atomic E-state index is 12.1. The van der Waals surface area contributed by atoms with E-state index in [9.17, 15) is 18.0 Å². The van der Waals surface area contributed by atoms with Crippen molar-refractivity contribution in [3.63, 3.8) is 0 Å². The Hall–Kier alpha value is -1.31. The van der Waals surface area contributed by atoms with Crippen LogP contribution in [-0.4, -0.2) is 33.8 Å². The lowest BCUT2D eigenvalue weighted by atomic mass is 10.2. The Morgan fingerprint density at radius 1 is 1.33 bits per heavy atom. The lowest BCUT2D eigenvalue weighted by Gasteiger charge is -2.14. The van der Waals surface area contributed by atoms with Gasteiger partial charge in [-0.1, -0.05) is 25.6 Å². The molecule has 118 valence electrons. The standard InChI is InChI=1S/C13H18F3N3OS/c1-7(2)11-18-8(3)5-10(19-11)21-9(4)12(20)17-6-13(14,15)16/h5,7,9H,6H2,1-4H3,(H,17,20)/t9-/m0/s1. The Bertz CT molecular complexity index is 506. The summed E-state index contributed by atoms with van der Waals surface area (Å²) in [5.74, 6) is 0.124. The van der Waals surface area contributed by atoms with E-state index in [1.165, 1.54) is 0 Å². The maximum Gasteiger partial charge on any atom is 0.405 e. The van der Waals surface area contributed by atoms with Crippen LogP contribution in [-0.2, 0) is 4.79 Å². The van der Waals surface area contributed by atoms with Gasteiger partial charge in [-0.25, -0.2) is 9.97 Å². The highest BCUT2D eigenvalue weighted by Crippen LogP contribution is 2.24. The molecule has 0 aliphatic heterocycles. The number of aryl methyl sites for hydroxylation is 1. The molecular formula is C13H18F3N3OS. The smallest absolute Gasteiger partial charge is 0.346 e. The van der Waals surface area contributed by atoms with Crippen LogP contribution in [0.2, 0.25) is 0 Å². The van der Waals surface area contributed by atoms with Crippen molar-refractivity contribution >= 4 is 17.7 Å². The molecule has 21 heavy (non-hydrogen) atoms. The van der Waals surface area contributed by atoms with Gasteiger partial charge in [0.05, 0.1) is 5.25 Å². The van der Waals surface area contributed by atoms with Crippen LogP contribution < -0.4 is 5.32 Å². The molecule has 0 radical (unpaired) electrons. The van der Waals surface area contributed by atoms with Gasteiger partial charge in [0, 0.05) is 11.6 Å². The zero-order chi connectivity index (χ0) is 16.2. The van der Waals surface area contributed by atoms with Crippen LogP contribution in [0.25, 0.3) is 0 Å². The third-order valence-corrected chi connectivity index (χ3v) is 3.51. The summed E-state index contributed by atoms with van der Waals surface area (Å²) in [4.78, 5) is 20.2. The second-order valence-electron chi connectivity index (χ2n) is 4.95. The Morgan fingerprint density at radius 2 is 1.95 bits per heavy atom. The maximum absolute atomic E-state index is 12.1. The number of rotatable bonds is 5. The average molecular weight is 321 g/mol. The highest BCUT2D eigenvalue weighted by molar-refractivity contribution is 8.00. The first-order valence-corrected chi connectivity index (χ1v) is 7.33. The SMILES string of the molecule is Cc1cc(S[C@@H](C)C(=O)NCC(F)(F)F)nc(C(C)C)n1. The molecular weight excluding hydrogens is 303 g/mol. The van der Waals surface area contributed by atoms with E-state index in [-0.39, 0.29) is 5.92 Å². The molecule has 1 N–H and O–H groups in total. The number of thioether (sulfide) groups is 1. The normalized spacial score (nSPS) is 13.3. The number of nitrogens with one attached hydrogen (secondary N) is 1. The molecule has 0 saturated heterocycles. The quantitative estimate of drug-likeness (QED) is 0.669. The summed E-state index contributed by atoms with van der Waals surface area (Å²) in [6, 6.07) is 1.71. The minimum atomic E-state index is -4.41. The molecule has 1 amide bonds. The molecule has 0 unspecified atom stereocenters. The van der Waals surface area contributed by atoms with Crippen molar-refractivity contribution in [3.05, 3.63) is 17.6 Å². The summed E-state index contributed by atoms with van der Waals surface area (Å²) in [7, 11) is 0. The summed E-state index contributed by atoms with van der Waals surface area (Å²) in [5.41, 5.74) is 0.763. The predicted octanol–water partition coefficient (Wildman–Crippen LogP) is 3.07. The molecule has 0 aliphatic carbocycles. The van der Waals surface area contributed by atoms with Crippen molar-refractivity contribution in [1.82, 2.24) is 15.3 Å². The number of amides is 1. The van der Waals surface area contributed by atoms with Crippen molar-refractivity contribution in [3.8, 4) is 0 Å². The van der Waals surface area contributed by atoms with E-state index in [0.29, 0.717) is 10.9 Å². The zero-order valence-corrected chi connectivity index (χ0v) is 13.1. The van der Waals surface area contributed by atoms with Gasteiger partial charge in [0.1, 0.15) is 17.4 Å². The number of halogens is 3. The fraction of sp³-hybridized carbons (Fsp3) is 0.615. The second-order valence-corrected chi connectivity index (χ2v) is 6.31. The van der Waals surface area contributed by atoms with Crippen LogP contribution in [0.4, 0.5) is 13.2 Å². The molecule has 8 heteroatoms. The molecule has 1 heterocycles. The number of carbonyl (C=O) groups is 1. The van der Waals surface area contributed by atoms with Crippen LogP contribution in [0, 0.1) is 6.92 Å². The van der Waals surface area contributed by atoms with Crippen LogP contribution in [0.3, 0.4) is 0 Å². The molecule has 0 bridgehead atoms. The Kier molecular flexibility index (Phi) is 6.00. The van der Waals surface area contributed by atoms with E-state index >= 15 is 0 Å². The molecule has 0 aliphatic rings. The summed E-state index contributed by atoms with van der Waals surface area (Å²) in [6.07, 6.45) is -4.41. The predicted molar refractivity (Wildman–Crippen MR) is 75.2 cm³/mol. The molecule has 1 atom stereocenters. The molecule has 0 fully saturated rings. The van der Waals surface area contributed by atoms with E-state index in [0.717, 1.165) is 17.5 Å². The Balaban J connectivity index is 2.70. The number of nitrogens with zero attached hydrogens (tertiary/aromatic N) is 2. The molecule has 1 aromatic heterocycles. The number of aromatic nitrogens is 2. The summed E-state index contributed by atoms with van der Waals surface area (Å²) in [6.45, 7) is 5.93. The first kappa shape index (κ1) is 17.7. The van der Waals surface area contributed by atoms with Gasteiger partial charge in [0.25, 0.3) is 0 Å². The van der Waals surface area contributed by atoms with Crippen molar-refractivity contribution in [1.29, 1.82) is 0 Å². The van der Waals surface area contributed by atoms with E-state index in [4.69, 9.17) is 0 Å². The summed E-state index contributed by atoms with van der Waals surface area (Å²) >= 11 is 1.12. The van der Waals surface area contributed by atoms with Crippen molar-refractivity contribution < 1.29 is 18.0 Å². The van der Waals surface area contributed by atoms with Crippen molar-refractivity contribution in [2.75, 3.05) is 6.54 Å². The van der Waals surface area contributed by atoms with E-state index in [2.05, 4.69) is 9.97 Å². The van der Waals surface area contributed by atoms with Crippen LogP contribution >= 0.6 is 11.8 Å². The lowest BCUT2D eigenvalue weighted by molar-refractivity contribution is -0.137. The zero-order valence-electron chi connectivity index (χ0n) is 12.3. The van der Waals surface area contributed by atoms with Crippen molar-refractivity contribution in [2.45, 2.75) is 50.1 Å². The number of carbonyl (C=O) groups excluding carboxylic acids is 1. The highest BCUT2D eigenvalue weighted by atomic mass is 32.2. The minimum Gasteiger partial charge on any atom is -0.346 e. The van der Waals surface area contributed by atoms with Gasteiger partial charge in [-0.3, -0.25) is 4.79 Å². The summed E-state index contributed by atoms with van der Waals surface area (Å²) < 4.78 is 36.2. The third kappa shape index (κ3) is 6.33. The highest BCUT2D eigenvalue weighted by Gasteiger charge is 2.29. The fourth-order valence-corrected chi connectivity index (χ4v) is 2.38. The Labute approximate surface area is 125 Å². The van der Waals surface area contributed by atoms with Crippen LogP contribution in [0.1, 0.15) is 38.2 Å². The van der Waals surface area contributed by atoms with Gasteiger partial charge in [-0.05, 0) is 19.9 Å².